The summed E-state index contributed by atoms with van der Waals surface area (Å²) in [5, 5.41) is 10.7. The zero-order chi connectivity index (χ0) is 15.7. The van der Waals surface area contributed by atoms with Crippen molar-refractivity contribution in [3.05, 3.63) is 17.5 Å². The van der Waals surface area contributed by atoms with Crippen LogP contribution in [-0.2, 0) is 19.6 Å². The predicted octanol–water partition coefficient (Wildman–Crippen LogP) is 0.154. The molecular weight excluding hydrogens is 328 g/mol. The lowest BCUT2D eigenvalue weighted by Gasteiger charge is -2.29. The van der Waals surface area contributed by atoms with Gasteiger partial charge in [-0.1, -0.05) is 6.07 Å². The van der Waals surface area contributed by atoms with Crippen LogP contribution in [0.5, 0.6) is 0 Å². The number of rotatable bonds is 4. The number of carboxylic acid groups (broad SMARTS) is 1. The van der Waals surface area contributed by atoms with E-state index in [1.807, 2.05) is 4.90 Å². The number of ether oxygens (including phenoxy) is 1. The van der Waals surface area contributed by atoms with Gasteiger partial charge in [0, 0.05) is 25.6 Å². The Morgan fingerprint density at radius 1 is 1.36 bits per heavy atom. The molecule has 3 rings (SSSR count). The second-order valence-corrected chi connectivity index (χ2v) is 8.72. The summed E-state index contributed by atoms with van der Waals surface area (Å²) in [5.74, 6) is -0.907. The highest BCUT2D eigenvalue weighted by Gasteiger charge is 2.40. The third kappa shape index (κ3) is 3.18. The third-order valence-electron chi connectivity index (χ3n) is 3.91. The first-order chi connectivity index (χ1) is 10.5. The minimum Gasteiger partial charge on any atom is -0.480 e. The fraction of sp³-hybridized carbons (Fsp3) is 0.615. The largest absolute Gasteiger partial charge is 0.480 e. The van der Waals surface area contributed by atoms with Gasteiger partial charge in [0.15, 0.2) is 0 Å². The molecule has 2 fully saturated rings. The van der Waals surface area contributed by atoms with Gasteiger partial charge in [0.1, 0.15) is 4.21 Å². The number of fused-ring (bicyclic) bond motifs is 3. The van der Waals surface area contributed by atoms with Gasteiger partial charge >= 0.3 is 5.97 Å². The molecule has 2 bridgehead atoms. The van der Waals surface area contributed by atoms with Crippen molar-refractivity contribution in [1.29, 1.82) is 0 Å². The van der Waals surface area contributed by atoms with Crippen LogP contribution in [-0.4, -0.2) is 74.1 Å². The minimum atomic E-state index is -3.55. The summed E-state index contributed by atoms with van der Waals surface area (Å²) < 4.78 is 33.0. The molecule has 1 aromatic rings. The molecule has 2 saturated heterocycles. The lowest BCUT2D eigenvalue weighted by molar-refractivity contribution is -0.138. The molecule has 1 N–H and O–H groups in total. The Balaban J connectivity index is 1.88. The number of carboxylic acids is 1. The molecular formula is C13H18N2O5S2. The van der Waals surface area contributed by atoms with Gasteiger partial charge in [-0.3, -0.25) is 9.69 Å². The zero-order valence-corrected chi connectivity index (χ0v) is 13.6. The van der Waals surface area contributed by atoms with E-state index in [1.165, 1.54) is 15.6 Å². The van der Waals surface area contributed by atoms with Gasteiger partial charge in [-0.15, -0.1) is 11.3 Å². The molecule has 22 heavy (non-hydrogen) atoms. The molecule has 0 spiro atoms. The summed E-state index contributed by atoms with van der Waals surface area (Å²) >= 11 is 1.20. The molecule has 0 saturated carbocycles. The van der Waals surface area contributed by atoms with Crippen molar-refractivity contribution >= 4 is 27.3 Å². The molecule has 7 nitrogen and oxygen atoms in total. The Bertz CT molecular complexity index is 631. The van der Waals surface area contributed by atoms with E-state index in [9.17, 15) is 13.2 Å². The number of hydrogen-bond donors (Lipinski definition) is 1. The Morgan fingerprint density at radius 2 is 2.18 bits per heavy atom. The second kappa shape index (κ2) is 6.25. The van der Waals surface area contributed by atoms with E-state index in [1.54, 1.807) is 17.5 Å². The quantitative estimate of drug-likeness (QED) is 0.835. The van der Waals surface area contributed by atoms with Gasteiger partial charge in [0.25, 0.3) is 10.0 Å². The molecule has 0 unspecified atom stereocenters. The van der Waals surface area contributed by atoms with Gasteiger partial charge < -0.3 is 9.84 Å². The number of sulfonamides is 1. The van der Waals surface area contributed by atoms with Crippen molar-refractivity contribution in [1.82, 2.24) is 9.21 Å². The smallest absolute Gasteiger partial charge is 0.317 e. The maximum absolute atomic E-state index is 12.8. The number of aliphatic carboxylic acids is 1. The lowest BCUT2D eigenvalue weighted by atomic mass is 10.1. The van der Waals surface area contributed by atoms with Crippen molar-refractivity contribution in [2.24, 2.45) is 5.92 Å². The monoisotopic (exact) mass is 346 g/mol. The van der Waals surface area contributed by atoms with Gasteiger partial charge in [-0.25, -0.2) is 8.42 Å². The van der Waals surface area contributed by atoms with Crippen molar-refractivity contribution in [3.63, 3.8) is 0 Å². The summed E-state index contributed by atoms with van der Waals surface area (Å²) in [7, 11) is -3.55. The fourth-order valence-electron chi connectivity index (χ4n) is 3.04. The molecule has 0 radical (unpaired) electrons. The standard InChI is InChI=1S/C13H18N2O5S2/c16-12(17)7-14-4-10-5-15(11(6-14)9-20-8-10)22(18,19)13-2-1-3-21-13/h1-3,10-11H,4-9H2,(H,16,17)/t10-,11-/m0/s1. The van der Waals surface area contributed by atoms with Crippen LogP contribution in [0.15, 0.2) is 21.7 Å². The average Bonchev–Trinajstić information content (AvgIpc) is 2.81. The van der Waals surface area contributed by atoms with Crippen LogP contribution in [0.1, 0.15) is 0 Å². The van der Waals surface area contributed by atoms with E-state index in [0.29, 0.717) is 37.1 Å². The molecule has 1 aromatic heterocycles. The van der Waals surface area contributed by atoms with Gasteiger partial charge in [0.05, 0.1) is 25.8 Å². The molecule has 3 heterocycles. The highest BCUT2D eigenvalue weighted by molar-refractivity contribution is 7.91. The van der Waals surface area contributed by atoms with Crippen LogP contribution >= 0.6 is 11.3 Å². The number of thiophene rings is 1. The van der Waals surface area contributed by atoms with Gasteiger partial charge in [-0.05, 0) is 11.4 Å². The summed E-state index contributed by atoms with van der Waals surface area (Å²) in [4.78, 5) is 12.8. The Labute approximate surface area is 133 Å². The Hall–Kier alpha value is -1.00. The van der Waals surface area contributed by atoms with Gasteiger partial charge in [0.2, 0.25) is 0 Å². The van der Waals surface area contributed by atoms with Crippen molar-refractivity contribution in [3.8, 4) is 0 Å². The van der Waals surface area contributed by atoms with Crippen molar-refractivity contribution in [2.75, 3.05) is 39.4 Å². The molecule has 2 atom stereocenters. The van der Waals surface area contributed by atoms with Crippen LogP contribution in [0.2, 0.25) is 0 Å². The number of carbonyl (C=O) groups is 1. The lowest BCUT2D eigenvalue weighted by Crippen LogP contribution is -2.47. The molecule has 122 valence electrons. The summed E-state index contributed by atoms with van der Waals surface area (Å²) in [5.41, 5.74) is 0. The van der Waals surface area contributed by atoms with Crippen molar-refractivity contribution < 1.29 is 23.1 Å². The third-order valence-corrected chi connectivity index (χ3v) is 7.20. The van der Waals surface area contributed by atoms with E-state index in [4.69, 9.17) is 9.84 Å². The molecule has 0 aliphatic carbocycles. The highest BCUT2D eigenvalue weighted by atomic mass is 32.2. The topological polar surface area (TPSA) is 87.2 Å². The van der Waals surface area contributed by atoms with Crippen LogP contribution in [0, 0.1) is 5.92 Å². The van der Waals surface area contributed by atoms with E-state index in [0.717, 1.165) is 0 Å². The number of hydrogen-bond acceptors (Lipinski definition) is 6. The SMILES string of the molecule is O=C(O)CN1C[C@@H]2COC[C@H](C1)N(S(=O)(=O)c1cccs1)C2. The summed E-state index contributed by atoms with van der Waals surface area (Å²) in [6.45, 7) is 1.99. The Morgan fingerprint density at radius 3 is 2.86 bits per heavy atom. The molecule has 0 amide bonds. The molecule has 9 heteroatoms. The second-order valence-electron chi connectivity index (χ2n) is 5.65. The first kappa shape index (κ1) is 15.9. The summed E-state index contributed by atoms with van der Waals surface area (Å²) in [6.07, 6.45) is 0. The Kier molecular flexibility index (Phi) is 4.51. The van der Waals surface area contributed by atoms with Gasteiger partial charge in [-0.2, -0.15) is 4.31 Å². The number of nitrogens with zero attached hydrogens (tertiary/aromatic N) is 2. The van der Waals surface area contributed by atoms with Crippen molar-refractivity contribution in [2.45, 2.75) is 10.3 Å². The molecule has 2 aliphatic rings. The van der Waals surface area contributed by atoms with E-state index in [-0.39, 0.29) is 18.5 Å². The normalized spacial score (nSPS) is 27.5. The maximum Gasteiger partial charge on any atom is 0.317 e. The van der Waals surface area contributed by atoms with Crippen LogP contribution in [0.3, 0.4) is 0 Å². The maximum atomic E-state index is 12.8. The highest BCUT2D eigenvalue weighted by Crippen LogP contribution is 2.28. The summed E-state index contributed by atoms with van der Waals surface area (Å²) in [6, 6.07) is 2.97. The van der Waals surface area contributed by atoms with Crippen LogP contribution < -0.4 is 0 Å². The first-order valence-electron chi connectivity index (χ1n) is 7.04. The fourth-order valence-corrected chi connectivity index (χ4v) is 5.84. The predicted molar refractivity (Wildman–Crippen MR) is 80.4 cm³/mol. The average molecular weight is 346 g/mol. The van der Waals surface area contributed by atoms with E-state index < -0.39 is 16.0 Å². The molecule has 0 aromatic carbocycles. The first-order valence-corrected chi connectivity index (χ1v) is 9.36. The molecule has 2 aliphatic heterocycles. The van der Waals surface area contributed by atoms with Crippen LogP contribution in [0.25, 0.3) is 0 Å². The zero-order valence-electron chi connectivity index (χ0n) is 11.9. The van der Waals surface area contributed by atoms with Crippen LogP contribution in [0.4, 0.5) is 0 Å². The van der Waals surface area contributed by atoms with E-state index in [2.05, 4.69) is 0 Å². The minimum absolute atomic E-state index is 0.0124. The van der Waals surface area contributed by atoms with E-state index >= 15 is 0 Å².